The van der Waals surface area contributed by atoms with E-state index >= 15 is 0 Å². The van der Waals surface area contributed by atoms with E-state index in [9.17, 15) is 26.4 Å². The molecule has 3 aromatic carbocycles. The minimum atomic E-state index is -4.45. The summed E-state index contributed by atoms with van der Waals surface area (Å²) in [6.45, 7) is 0.577. The van der Waals surface area contributed by atoms with Crippen molar-refractivity contribution in [2.24, 2.45) is 17.6 Å². The smallest absolute Gasteiger partial charge is 0.369 e. The number of carbonyl (C=O) groups is 1. The van der Waals surface area contributed by atoms with E-state index in [0.717, 1.165) is 17.7 Å². The summed E-state index contributed by atoms with van der Waals surface area (Å²) in [5.41, 5.74) is 6.29. The van der Waals surface area contributed by atoms with Gasteiger partial charge in [0, 0.05) is 13.1 Å². The van der Waals surface area contributed by atoms with Gasteiger partial charge in [-0.25, -0.2) is 8.42 Å². The maximum atomic E-state index is 13.5. The molecule has 1 aliphatic rings. The third-order valence-electron chi connectivity index (χ3n) is 7.31. The largest absolute Gasteiger partial charge is 0.416 e. The standard InChI is InChI=1S/C29H31F3N2O3S/c30-29(31,32)25-17-15-24(16-18-25)27(28(33)35)23-13-11-22(12-14-23)20-34(19-21-7-3-1-4-8-21)38(36,37)26-9-5-2-6-10-26/h1-10,15-18,22-23,27H,11-14,19-20H2,(H2,33,35). The van der Waals surface area contributed by atoms with Gasteiger partial charge in [0.1, 0.15) is 0 Å². The fourth-order valence-electron chi connectivity index (χ4n) is 5.32. The van der Waals surface area contributed by atoms with Crippen molar-refractivity contribution >= 4 is 15.9 Å². The molecule has 0 aliphatic heterocycles. The molecule has 9 heteroatoms. The van der Waals surface area contributed by atoms with Crippen molar-refractivity contribution in [1.82, 2.24) is 4.31 Å². The first-order valence-corrected chi connectivity index (χ1v) is 14.1. The van der Waals surface area contributed by atoms with Gasteiger partial charge in [0.2, 0.25) is 15.9 Å². The highest BCUT2D eigenvalue weighted by atomic mass is 32.2. The van der Waals surface area contributed by atoms with Crippen molar-refractivity contribution in [3.8, 4) is 0 Å². The predicted molar refractivity (Wildman–Crippen MR) is 139 cm³/mol. The molecule has 38 heavy (non-hydrogen) atoms. The lowest BCUT2D eigenvalue weighted by molar-refractivity contribution is -0.137. The van der Waals surface area contributed by atoms with Gasteiger partial charge >= 0.3 is 6.18 Å². The first-order chi connectivity index (χ1) is 18.1. The summed E-state index contributed by atoms with van der Waals surface area (Å²) in [5.74, 6) is -1.29. The van der Waals surface area contributed by atoms with Crippen LogP contribution in [0, 0.1) is 11.8 Å². The zero-order valence-corrected chi connectivity index (χ0v) is 21.7. The van der Waals surface area contributed by atoms with Crippen molar-refractivity contribution in [2.75, 3.05) is 6.54 Å². The quantitative estimate of drug-likeness (QED) is 0.360. The molecule has 4 rings (SSSR count). The Morgan fingerprint density at radius 3 is 1.95 bits per heavy atom. The topological polar surface area (TPSA) is 80.5 Å². The van der Waals surface area contributed by atoms with Crippen LogP contribution in [0.4, 0.5) is 13.2 Å². The molecule has 1 amide bonds. The second-order valence-electron chi connectivity index (χ2n) is 9.88. The number of amides is 1. The van der Waals surface area contributed by atoms with Gasteiger partial charge in [-0.05, 0) is 72.9 Å². The van der Waals surface area contributed by atoms with Crippen LogP contribution in [-0.2, 0) is 27.5 Å². The fourth-order valence-corrected chi connectivity index (χ4v) is 6.84. The summed E-state index contributed by atoms with van der Waals surface area (Å²) in [6.07, 6.45) is -1.83. The Bertz CT molecular complexity index is 1310. The molecule has 1 aliphatic carbocycles. The van der Waals surface area contributed by atoms with Crippen molar-refractivity contribution in [3.63, 3.8) is 0 Å². The second-order valence-corrected chi connectivity index (χ2v) is 11.8. The Morgan fingerprint density at radius 2 is 1.42 bits per heavy atom. The number of primary amides is 1. The molecule has 0 heterocycles. The third-order valence-corrected chi connectivity index (χ3v) is 9.14. The van der Waals surface area contributed by atoms with E-state index in [-0.39, 0.29) is 23.3 Å². The summed E-state index contributed by atoms with van der Waals surface area (Å²) in [4.78, 5) is 12.6. The van der Waals surface area contributed by atoms with Gasteiger partial charge in [0.15, 0.2) is 0 Å². The van der Waals surface area contributed by atoms with Crippen molar-refractivity contribution in [2.45, 2.75) is 49.2 Å². The van der Waals surface area contributed by atoms with Crippen molar-refractivity contribution in [1.29, 1.82) is 0 Å². The molecule has 1 atom stereocenters. The van der Waals surface area contributed by atoms with Crippen LogP contribution in [0.3, 0.4) is 0 Å². The lowest BCUT2D eigenvalue weighted by Gasteiger charge is -2.35. The zero-order chi connectivity index (χ0) is 27.3. The molecule has 202 valence electrons. The Labute approximate surface area is 221 Å². The number of carbonyl (C=O) groups excluding carboxylic acids is 1. The minimum Gasteiger partial charge on any atom is -0.369 e. The van der Waals surface area contributed by atoms with E-state index < -0.39 is 33.6 Å². The molecular formula is C29H31F3N2O3S. The van der Waals surface area contributed by atoms with Gasteiger partial charge in [-0.1, -0.05) is 60.7 Å². The molecule has 5 nitrogen and oxygen atoms in total. The molecule has 0 radical (unpaired) electrons. The number of alkyl halides is 3. The normalized spacial score (nSPS) is 19.3. The number of sulfonamides is 1. The second kappa shape index (κ2) is 11.7. The lowest BCUT2D eigenvalue weighted by atomic mass is 9.73. The molecule has 0 bridgehead atoms. The Kier molecular flexibility index (Phi) is 8.57. The van der Waals surface area contributed by atoms with E-state index in [2.05, 4.69) is 0 Å². The monoisotopic (exact) mass is 544 g/mol. The molecule has 0 saturated heterocycles. The number of rotatable bonds is 9. The van der Waals surface area contributed by atoms with Crippen molar-refractivity contribution in [3.05, 3.63) is 102 Å². The van der Waals surface area contributed by atoms with Gasteiger partial charge in [-0.2, -0.15) is 17.5 Å². The fraction of sp³-hybridized carbons (Fsp3) is 0.345. The molecule has 2 N–H and O–H groups in total. The van der Waals surface area contributed by atoms with Gasteiger partial charge in [0.05, 0.1) is 16.4 Å². The highest BCUT2D eigenvalue weighted by molar-refractivity contribution is 7.89. The van der Waals surface area contributed by atoms with E-state index in [1.807, 2.05) is 30.3 Å². The minimum absolute atomic E-state index is 0.0783. The van der Waals surface area contributed by atoms with Crippen LogP contribution in [-0.4, -0.2) is 25.2 Å². The van der Waals surface area contributed by atoms with Crippen LogP contribution in [0.5, 0.6) is 0 Å². The molecule has 0 spiro atoms. The summed E-state index contributed by atoms with van der Waals surface area (Å²) < 4.78 is 67.5. The van der Waals surface area contributed by atoms with Crippen LogP contribution in [0.1, 0.15) is 48.3 Å². The molecule has 1 unspecified atom stereocenters. The number of halogens is 3. The van der Waals surface area contributed by atoms with E-state index in [1.165, 1.54) is 16.4 Å². The number of benzene rings is 3. The molecular weight excluding hydrogens is 513 g/mol. The molecule has 3 aromatic rings. The average Bonchev–Trinajstić information content (AvgIpc) is 2.90. The number of nitrogens with zero attached hydrogens (tertiary/aromatic N) is 1. The van der Waals surface area contributed by atoms with E-state index in [1.54, 1.807) is 30.3 Å². The highest BCUT2D eigenvalue weighted by Crippen LogP contribution is 2.40. The molecule has 1 saturated carbocycles. The number of hydrogen-bond acceptors (Lipinski definition) is 3. The summed E-state index contributed by atoms with van der Waals surface area (Å²) in [5, 5.41) is 0. The maximum Gasteiger partial charge on any atom is 0.416 e. The number of hydrogen-bond donors (Lipinski definition) is 1. The van der Waals surface area contributed by atoms with Crippen LogP contribution < -0.4 is 5.73 Å². The zero-order valence-electron chi connectivity index (χ0n) is 20.8. The summed E-state index contributed by atoms with van der Waals surface area (Å²) in [6, 6.07) is 22.4. The number of nitrogens with two attached hydrogens (primary N) is 1. The molecule has 1 fully saturated rings. The van der Waals surface area contributed by atoms with Crippen molar-refractivity contribution < 1.29 is 26.4 Å². The van der Waals surface area contributed by atoms with Crippen LogP contribution >= 0.6 is 0 Å². The van der Waals surface area contributed by atoms with Gasteiger partial charge < -0.3 is 5.73 Å². The van der Waals surface area contributed by atoms with Crippen LogP contribution in [0.15, 0.2) is 89.8 Å². The van der Waals surface area contributed by atoms with E-state index in [4.69, 9.17) is 5.73 Å². The first kappa shape index (κ1) is 27.9. The maximum absolute atomic E-state index is 13.5. The third kappa shape index (κ3) is 6.63. The highest BCUT2D eigenvalue weighted by Gasteiger charge is 2.35. The predicted octanol–water partition coefficient (Wildman–Crippen LogP) is 5.97. The van der Waals surface area contributed by atoms with Crippen LogP contribution in [0.2, 0.25) is 0 Å². The summed E-state index contributed by atoms with van der Waals surface area (Å²) in [7, 11) is -3.73. The SMILES string of the molecule is NC(=O)C(c1ccc(C(F)(F)F)cc1)C1CCC(CN(Cc2ccccc2)S(=O)(=O)c2ccccc2)CC1. The Hall–Kier alpha value is -3.17. The Morgan fingerprint density at radius 1 is 0.868 bits per heavy atom. The van der Waals surface area contributed by atoms with Gasteiger partial charge in [-0.15, -0.1) is 0 Å². The first-order valence-electron chi connectivity index (χ1n) is 12.6. The lowest BCUT2D eigenvalue weighted by Crippen LogP contribution is -2.37. The average molecular weight is 545 g/mol. The van der Waals surface area contributed by atoms with Gasteiger partial charge in [-0.3, -0.25) is 4.79 Å². The summed E-state index contributed by atoms with van der Waals surface area (Å²) >= 11 is 0. The van der Waals surface area contributed by atoms with E-state index in [0.29, 0.717) is 37.8 Å². The Balaban J connectivity index is 1.48. The van der Waals surface area contributed by atoms with Gasteiger partial charge in [0.25, 0.3) is 0 Å². The van der Waals surface area contributed by atoms with Crippen LogP contribution in [0.25, 0.3) is 0 Å². The molecule has 0 aromatic heterocycles.